The lowest BCUT2D eigenvalue weighted by Gasteiger charge is -2.34. The van der Waals surface area contributed by atoms with Crippen LogP contribution >= 0.6 is 0 Å². The summed E-state index contributed by atoms with van der Waals surface area (Å²) in [5, 5.41) is 0. The van der Waals surface area contributed by atoms with E-state index in [1.54, 1.807) is 0 Å². The zero-order valence-electron chi connectivity index (χ0n) is 12.8. The van der Waals surface area contributed by atoms with Crippen molar-refractivity contribution in [2.24, 2.45) is 0 Å². The van der Waals surface area contributed by atoms with Crippen molar-refractivity contribution < 1.29 is 0 Å². The average Bonchev–Trinajstić information content (AvgIpc) is 2.65. The van der Waals surface area contributed by atoms with E-state index < -0.39 is 0 Å². The van der Waals surface area contributed by atoms with Gasteiger partial charge in [0.1, 0.15) is 0 Å². The lowest BCUT2D eigenvalue weighted by Crippen LogP contribution is -2.32. The molecular formula is C17H22N2O. The van der Waals surface area contributed by atoms with Crippen molar-refractivity contribution >= 4 is 11.0 Å². The standard InChI is InChI=1S/C17H22N2O/c1-16(2)7-9-18-13-11(16)5-6-12-14(13)19(15(18)20)10-8-17(12,3)4/h5-6H,7-10H2,1-4H3. The summed E-state index contributed by atoms with van der Waals surface area (Å²) in [7, 11) is 0. The monoisotopic (exact) mass is 270 g/mol. The molecule has 0 atom stereocenters. The first-order chi connectivity index (χ1) is 9.33. The summed E-state index contributed by atoms with van der Waals surface area (Å²) in [6, 6.07) is 4.54. The van der Waals surface area contributed by atoms with Gasteiger partial charge in [-0.3, -0.25) is 9.13 Å². The molecule has 20 heavy (non-hydrogen) atoms. The first-order valence-electron chi connectivity index (χ1n) is 7.60. The third-order valence-corrected chi connectivity index (χ3v) is 5.53. The molecule has 4 rings (SSSR count). The minimum absolute atomic E-state index is 0.165. The Bertz CT molecular complexity index is 725. The van der Waals surface area contributed by atoms with E-state index in [1.165, 1.54) is 22.2 Å². The highest BCUT2D eigenvalue weighted by atomic mass is 16.1. The fourth-order valence-electron chi connectivity index (χ4n) is 4.02. The Morgan fingerprint density at radius 2 is 1.25 bits per heavy atom. The third-order valence-electron chi connectivity index (χ3n) is 5.53. The quantitative estimate of drug-likeness (QED) is 0.722. The van der Waals surface area contributed by atoms with Crippen LogP contribution in [0.5, 0.6) is 0 Å². The molecule has 2 aliphatic rings. The smallest absolute Gasteiger partial charge is 0.292 e. The minimum atomic E-state index is 0.165. The first kappa shape index (κ1) is 12.2. The predicted octanol–water partition coefficient (Wildman–Crippen LogP) is 3.17. The molecule has 1 aromatic heterocycles. The van der Waals surface area contributed by atoms with Crippen molar-refractivity contribution in [2.75, 3.05) is 0 Å². The van der Waals surface area contributed by atoms with Crippen molar-refractivity contribution in [3.8, 4) is 0 Å². The van der Waals surface area contributed by atoms with E-state index >= 15 is 0 Å². The topological polar surface area (TPSA) is 26.9 Å². The molecule has 0 saturated heterocycles. The van der Waals surface area contributed by atoms with Crippen molar-refractivity contribution in [3.05, 3.63) is 33.7 Å². The Labute approximate surface area is 119 Å². The fraction of sp³-hybridized carbons (Fsp3) is 0.588. The number of benzene rings is 1. The molecule has 1 aromatic carbocycles. The van der Waals surface area contributed by atoms with E-state index in [0.717, 1.165) is 25.9 Å². The Kier molecular flexibility index (Phi) is 2.07. The minimum Gasteiger partial charge on any atom is -0.292 e. The SMILES string of the molecule is CC1(C)CCn2c(=O)n3c4c(ccc1c42)C(C)(C)CC3. The molecule has 0 spiro atoms. The molecule has 0 unspecified atom stereocenters. The Morgan fingerprint density at radius 3 is 1.65 bits per heavy atom. The van der Waals surface area contributed by atoms with E-state index in [4.69, 9.17) is 0 Å². The highest BCUT2D eigenvalue weighted by Gasteiger charge is 2.37. The van der Waals surface area contributed by atoms with Gasteiger partial charge in [0.15, 0.2) is 0 Å². The van der Waals surface area contributed by atoms with Crippen molar-refractivity contribution in [3.63, 3.8) is 0 Å². The fourth-order valence-corrected chi connectivity index (χ4v) is 4.02. The number of aryl methyl sites for hydroxylation is 2. The molecule has 3 nitrogen and oxygen atoms in total. The zero-order valence-corrected chi connectivity index (χ0v) is 12.8. The van der Waals surface area contributed by atoms with Crippen LogP contribution in [0.4, 0.5) is 0 Å². The number of aromatic nitrogens is 2. The van der Waals surface area contributed by atoms with Crippen LogP contribution in [0.25, 0.3) is 11.0 Å². The van der Waals surface area contributed by atoms with Crippen molar-refractivity contribution in [2.45, 2.75) is 64.5 Å². The second kappa shape index (κ2) is 3.38. The maximum Gasteiger partial charge on any atom is 0.329 e. The number of nitrogens with zero attached hydrogens (tertiary/aromatic N) is 2. The Morgan fingerprint density at radius 1 is 0.850 bits per heavy atom. The first-order valence-corrected chi connectivity index (χ1v) is 7.60. The van der Waals surface area contributed by atoms with Gasteiger partial charge in [0, 0.05) is 13.1 Å². The summed E-state index contributed by atoms with van der Waals surface area (Å²) in [5.41, 5.74) is 5.62. The molecule has 2 aliphatic heterocycles. The van der Waals surface area contributed by atoms with Gasteiger partial charge in [0.25, 0.3) is 0 Å². The van der Waals surface area contributed by atoms with Gasteiger partial charge in [0.2, 0.25) is 0 Å². The van der Waals surface area contributed by atoms with E-state index in [2.05, 4.69) is 39.8 Å². The van der Waals surface area contributed by atoms with Gasteiger partial charge < -0.3 is 0 Å². The number of hydrogen-bond donors (Lipinski definition) is 0. The number of hydrogen-bond acceptors (Lipinski definition) is 1. The summed E-state index contributed by atoms with van der Waals surface area (Å²) in [5.74, 6) is 0. The molecule has 2 aromatic rings. The van der Waals surface area contributed by atoms with Gasteiger partial charge in [-0.25, -0.2) is 4.79 Å². The van der Waals surface area contributed by atoms with E-state index in [1.807, 2.05) is 9.13 Å². The lowest BCUT2D eigenvalue weighted by atomic mass is 9.74. The van der Waals surface area contributed by atoms with Crippen LogP contribution < -0.4 is 5.69 Å². The van der Waals surface area contributed by atoms with Crippen LogP contribution in [-0.4, -0.2) is 9.13 Å². The second-order valence-corrected chi connectivity index (χ2v) is 7.71. The number of imidazole rings is 1. The van der Waals surface area contributed by atoms with Gasteiger partial charge in [0.05, 0.1) is 11.0 Å². The average molecular weight is 270 g/mol. The van der Waals surface area contributed by atoms with E-state index in [9.17, 15) is 4.79 Å². The zero-order chi connectivity index (χ0) is 14.3. The van der Waals surface area contributed by atoms with Gasteiger partial charge in [-0.2, -0.15) is 0 Å². The molecule has 3 heterocycles. The maximum absolute atomic E-state index is 12.7. The van der Waals surface area contributed by atoms with Crippen molar-refractivity contribution in [1.82, 2.24) is 9.13 Å². The van der Waals surface area contributed by atoms with Crippen LogP contribution in [0, 0.1) is 0 Å². The molecule has 0 amide bonds. The largest absolute Gasteiger partial charge is 0.329 e. The van der Waals surface area contributed by atoms with Crippen LogP contribution in [-0.2, 0) is 23.9 Å². The van der Waals surface area contributed by atoms with E-state index in [-0.39, 0.29) is 16.5 Å². The lowest BCUT2D eigenvalue weighted by molar-refractivity contribution is 0.407. The molecule has 0 bridgehead atoms. The maximum atomic E-state index is 12.7. The molecular weight excluding hydrogens is 248 g/mol. The molecule has 0 fully saturated rings. The van der Waals surface area contributed by atoms with Gasteiger partial charge in [-0.1, -0.05) is 39.8 Å². The van der Waals surface area contributed by atoms with Crippen LogP contribution in [0.3, 0.4) is 0 Å². The molecule has 106 valence electrons. The number of rotatable bonds is 0. The van der Waals surface area contributed by atoms with Gasteiger partial charge in [-0.15, -0.1) is 0 Å². The molecule has 0 radical (unpaired) electrons. The summed E-state index contributed by atoms with van der Waals surface area (Å²) in [6.45, 7) is 10.9. The van der Waals surface area contributed by atoms with Crippen molar-refractivity contribution in [1.29, 1.82) is 0 Å². The van der Waals surface area contributed by atoms with E-state index in [0.29, 0.717) is 0 Å². The van der Waals surface area contributed by atoms with Gasteiger partial charge in [-0.05, 0) is 34.8 Å². The molecule has 0 N–H and O–H groups in total. The summed E-state index contributed by atoms with van der Waals surface area (Å²) in [6.07, 6.45) is 2.09. The second-order valence-electron chi connectivity index (χ2n) is 7.71. The summed E-state index contributed by atoms with van der Waals surface area (Å²) >= 11 is 0. The third kappa shape index (κ3) is 1.28. The van der Waals surface area contributed by atoms with Crippen LogP contribution in [0.1, 0.15) is 51.7 Å². The predicted molar refractivity (Wildman–Crippen MR) is 81.5 cm³/mol. The van der Waals surface area contributed by atoms with Gasteiger partial charge >= 0.3 is 5.69 Å². The summed E-state index contributed by atoms with van der Waals surface area (Å²) in [4.78, 5) is 12.7. The molecule has 0 aliphatic carbocycles. The molecule has 3 heteroatoms. The molecule has 0 saturated carbocycles. The normalized spacial score (nSPS) is 22.2. The highest BCUT2D eigenvalue weighted by Crippen LogP contribution is 2.43. The highest BCUT2D eigenvalue weighted by molar-refractivity contribution is 5.86. The summed E-state index contributed by atoms with van der Waals surface area (Å²) < 4.78 is 4.03. The van der Waals surface area contributed by atoms with Crippen LogP contribution in [0.15, 0.2) is 16.9 Å². The van der Waals surface area contributed by atoms with Crippen LogP contribution in [0.2, 0.25) is 0 Å². The Balaban J connectivity index is 2.24. The Hall–Kier alpha value is -1.51.